The van der Waals surface area contributed by atoms with Gasteiger partial charge in [-0.2, -0.15) is 0 Å². The van der Waals surface area contributed by atoms with Crippen LogP contribution in [0.1, 0.15) is 44.5 Å². The summed E-state index contributed by atoms with van der Waals surface area (Å²) in [6.07, 6.45) is 0.911. The zero-order valence-corrected chi connectivity index (χ0v) is 12.1. The number of carbonyl (C=O) groups excluding carboxylic acids is 2. The normalized spacial score (nSPS) is 11.8. The standard InChI is InChI=1S/C15H22N2O2/c1-5-11(3)17(6-2)15(19)16-14-9-7-8-13(10-14)12(4)18/h7-11H,5-6H2,1-4H3,(H,16,19). The van der Waals surface area contributed by atoms with Gasteiger partial charge in [0, 0.05) is 23.8 Å². The van der Waals surface area contributed by atoms with Gasteiger partial charge in [-0.15, -0.1) is 0 Å². The highest BCUT2D eigenvalue weighted by Gasteiger charge is 2.17. The zero-order chi connectivity index (χ0) is 14.4. The highest BCUT2D eigenvalue weighted by Crippen LogP contribution is 2.13. The van der Waals surface area contributed by atoms with E-state index in [0.717, 1.165) is 6.42 Å². The van der Waals surface area contributed by atoms with E-state index in [1.54, 1.807) is 29.2 Å². The molecule has 19 heavy (non-hydrogen) atoms. The SMILES string of the molecule is CCC(C)N(CC)C(=O)Nc1cccc(C(C)=O)c1. The Balaban J connectivity index is 2.81. The van der Waals surface area contributed by atoms with Crippen LogP contribution in [0.5, 0.6) is 0 Å². The van der Waals surface area contributed by atoms with Crippen LogP contribution in [0, 0.1) is 0 Å². The summed E-state index contributed by atoms with van der Waals surface area (Å²) in [5.41, 5.74) is 1.25. The lowest BCUT2D eigenvalue weighted by atomic mass is 10.1. The van der Waals surface area contributed by atoms with Gasteiger partial charge in [-0.05, 0) is 39.3 Å². The number of hydrogen-bond donors (Lipinski definition) is 1. The van der Waals surface area contributed by atoms with Crippen molar-refractivity contribution in [2.45, 2.75) is 40.2 Å². The van der Waals surface area contributed by atoms with Gasteiger partial charge >= 0.3 is 6.03 Å². The minimum absolute atomic E-state index is 0.00891. The third-order valence-corrected chi connectivity index (χ3v) is 3.24. The number of nitrogens with zero attached hydrogens (tertiary/aromatic N) is 1. The topological polar surface area (TPSA) is 49.4 Å². The molecule has 0 saturated carbocycles. The third kappa shape index (κ3) is 4.09. The first kappa shape index (κ1) is 15.2. The van der Waals surface area contributed by atoms with E-state index in [4.69, 9.17) is 0 Å². The van der Waals surface area contributed by atoms with Crippen LogP contribution in [-0.4, -0.2) is 29.3 Å². The minimum Gasteiger partial charge on any atom is -0.322 e. The molecule has 1 aromatic carbocycles. The van der Waals surface area contributed by atoms with Crippen LogP contribution in [0.15, 0.2) is 24.3 Å². The number of rotatable bonds is 5. The molecule has 0 aromatic heterocycles. The first-order valence-electron chi connectivity index (χ1n) is 6.68. The Labute approximate surface area is 114 Å². The summed E-state index contributed by atoms with van der Waals surface area (Å²) >= 11 is 0. The fourth-order valence-corrected chi connectivity index (χ4v) is 1.89. The van der Waals surface area contributed by atoms with Crippen LogP contribution in [0.3, 0.4) is 0 Å². The van der Waals surface area contributed by atoms with E-state index in [-0.39, 0.29) is 17.9 Å². The van der Waals surface area contributed by atoms with Gasteiger partial charge in [0.25, 0.3) is 0 Å². The first-order valence-corrected chi connectivity index (χ1v) is 6.68. The van der Waals surface area contributed by atoms with Crippen LogP contribution in [0.25, 0.3) is 0 Å². The fraction of sp³-hybridized carbons (Fsp3) is 0.467. The van der Waals surface area contributed by atoms with Crippen molar-refractivity contribution in [1.82, 2.24) is 4.90 Å². The summed E-state index contributed by atoms with van der Waals surface area (Å²) in [7, 11) is 0. The molecule has 4 nitrogen and oxygen atoms in total. The predicted molar refractivity (Wildman–Crippen MR) is 77.6 cm³/mol. The van der Waals surface area contributed by atoms with Crippen molar-refractivity contribution < 1.29 is 9.59 Å². The Kier molecular flexibility index (Phi) is 5.55. The van der Waals surface area contributed by atoms with Crippen LogP contribution in [0.4, 0.5) is 10.5 Å². The minimum atomic E-state index is -0.127. The molecule has 0 radical (unpaired) electrons. The lowest BCUT2D eigenvalue weighted by molar-refractivity contribution is 0.101. The highest BCUT2D eigenvalue weighted by atomic mass is 16.2. The Morgan fingerprint density at radius 2 is 2.00 bits per heavy atom. The molecule has 1 unspecified atom stereocenters. The van der Waals surface area contributed by atoms with Crippen molar-refractivity contribution in [2.24, 2.45) is 0 Å². The van der Waals surface area contributed by atoms with Gasteiger partial charge in [-0.1, -0.05) is 19.1 Å². The van der Waals surface area contributed by atoms with Crippen LogP contribution in [-0.2, 0) is 0 Å². The first-order chi connectivity index (χ1) is 8.99. The molecule has 4 heteroatoms. The molecule has 0 fully saturated rings. The number of benzene rings is 1. The molecule has 0 spiro atoms. The van der Waals surface area contributed by atoms with E-state index >= 15 is 0 Å². The maximum Gasteiger partial charge on any atom is 0.322 e. The second-order valence-electron chi connectivity index (χ2n) is 4.61. The molecule has 1 atom stereocenters. The Morgan fingerprint density at radius 3 is 2.53 bits per heavy atom. The van der Waals surface area contributed by atoms with E-state index in [1.807, 2.05) is 13.8 Å². The maximum atomic E-state index is 12.2. The lowest BCUT2D eigenvalue weighted by Gasteiger charge is -2.27. The lowest BCUT2D eigenvalue weighted by Crippen LogP contribution is -2.41. The average Bonchev–Trinajstić information content (AvgIpc) is 2.39. The van der Waals surface area contributed by atoms with Crippen molar-refractivity contribution in [2.75, 3.05) is 11.9 Å². The Bertz CT molecular complexity index is 457. The summed E-state index contributed by atoms with van der Waals surface area (Å²) in [5.74, 6) is -0.00891. The van der Waals surface area contributed by atoms with Gasteiger partial charge in [-0.3, -0.25) is 4.79 Å². The molecule has 0 bridgehead atoms. The smallest absolute Gasteiger partial charge is 0.322 e. The van der Waals surface area contributed by atoms with Crippen molar-refractivity contribution in [1.29, 1.82) is 0 Å². The molecule has 1 rings (SSSR count). The molecule has 104 valence electrons. The number of urea groups is 1. The number of anilines is 1. The highest BCUT2D eigenvalue weighted by molar-refractivity contribution is 5.96. The number of Topliss-reactive ketones (excluding diaryl/α,β-unsaturated/α-hetero) is 1. The number of ketones is 1. The summed E-state index contributed by atoms with van der Waals surface area (Å²) in [4.78, 5) is 25.2. The van der Waals surface area contributed by atoms with E-state index in [1.165, 1.54) is 6.92 Å². The second kappa shape index (κ2) is 6.92. The zero-order valence-electron chi connectivity index (χ0n) is 12.1. The molecule has 0 aliphatic heterocycles. The predicted octanol–water partition coefficient (Wildman–Crippen LogP) is 3.54. The van der Waals surface area contributed by atoms with Crippen molar-refractivity contribution in [3.05, 3.63) is 29.8 Å². The second-order valence-corrected chi connectivity index (χ2v) is 4.61. The van der Waals surface area contributed by atoms with Crippen molar-refractivity contribution in [3.63, 3.8) is 0 Å². The summed E-state index contributed by atoms with van der Waals surface area (Å²) in [6, 6.07) is 7.06. The van der Waals surface area contributed by atoms with E-state index in [0.29, 0.717) is 17.8 Å². The van der Waals surface area contributed by atoms with Crippen LogP contribution in [0.2, 0.25) is 0 Å². The molecule has 1 aromatic rings. The number of amides is 2. The molecular formula is C15H22N2O2. The summed E-state index contributed by atoms with van der Waals surface area (Å²) in [6.45, 7) is 8.20. The van der Waals surface area contributed by atoms with E-state index in [2.05, 4.69) is 12.2 Å². The maximum absolute atomic E-state index is 12.2. The third-order valence-electron chi connectivity index (χ3n) is 3.24. The largest absolute Gasteiger partial charge is 0.322 e. The van der Waals surface area contributed by atoms with Gasteiger partial charge < -0.3 is 10.2 Å². The number of carbonyl (C=O) groups is 2. The summed E-state index contributed by atoms with van der Waals surface area (Å²) < 4.78 is 0. The fourth-order valence-electron chi connectivity index (χ4n) is 1.89. The van der Waals surface area contributed by atoms with Gasteiger partial charge in [-0.25, -0.2) is 4.79 Å². The number of nitrogens with one attached hydrogen (secondary N) is 1. The molecule has 2 amide bonds. The Hall–Kier alpha value is -1.84. The van der Waals surface area contributed by atoms with E-state index in [9.17, 15) is 9.59 Å². The van der Waals surface area contributed by atoms with Gasteiger partial charge in [0.1, 0.15) is 0 Å². The molecule has 0 aliphatic rings. The van der Waals surface area contributed by atoms with Gasteiger partial charge in [0.2, 0.25) is 0 Å². The van der Waals surface area contributed by atoms with E-state index < -0.39 is 0 Å². The van der Waals surface area contributed by atoms with Gasteiger partial charge in [0.15, 0.2) is 5.78 Å². The van der Waals surface area contributed by atoms with Gasteiger partial charge in [0.05, 0.1) is 0 Å². The molecule has 0 heterocycles. The van der Waals surface area contributed by atoms with Crippen LogP contribution >= 0.6 is 0 Å². The monoisotopic (exact) mass is 262 g/mol. The van der Waals surface area contributed by atoms with Crippen molar-refractivity contribution in [3.8, 4) is 0 Å². The molecule has 0 saturated heterocycles. The molecule has 0 aliphatic carbocycles. The Morgan fingerprint density at radius 1 is 1.32 bits per heavy atom. The summed E-state index contributed by atoms with van der Waals surface area (Å²) in [5, 5.41) is 2.84. The quantitative estimate of drug-likeness (QED) is 0.825. The van der Waals surface area contributed by atoms with Crippen molar-refractivity contribution >= 4 is 17.5 Å². The van der Waals surface area contributed by atoms with Crippen LogP contribution < -0.4 is 5.32 Å². The number of hydrogen-bond acceptors (Lipinski definition) is 2. The average molecular weight is 262 g/mol. The molecule has 1 N–H and O–H groups in total. The molecular weight excluding hydrogens is 240 g/mol.